The van der Waals surface area contributed by atoms with Crippen molar-refractivity contribution in [3.05, 3.63) is 71.6 Å². The lowest BCUT2D eigenvalue weighted by molar-refractivity contribution is 0.506. The third kappa shape index (κ3) is 2.53. The van der Waals surface area contributed by atoms with Crippen LogP contribution < -0.4 is 0 Å². The van der Waals surface area contributed by atoms with Gasteiger partial charge in [-0.2, -0.15) is 0 Å². The van der Waals surface area contributed by atoms with Crippen LogP contribution in [0.5, 0.6) is 0 Å². The molecule has 5 rings (SSSR count). The molecule has 0 radical (unpaired) electrons. The maximum absolute atomic E-state index is 6.07. The fourth-order valence-electron chi connectivity index (χ4n) is 3.43. The molecule has 0 saturated carbocycles. The van der Waals surface area contributed by atoms with Gasteiger partial charge in [-0.15, -0.1) is 0 Å². The Hall–Kier alpha value is -3.40. The topological polar surface area (TPSA) is 52.6 Å². The molecule has 4 aromatic rings. The zero-order chi connectivity index (χ0) is 19.4. The van der Waals surface area contributed by atoms with Crippen molar-refractivity contribution in [2.24, 2.45) is 0 Å². The Bertz CT molecular complexity index is 1050. The van der Waals surface area contributed by atoms with Gasteiger partial charge in [0.2, 0.25) is 0 Å². The Morgan fingerprint density at radius 3 is 0.714 bits per heavy atom. The predicted molar refractivity (Wildman–Crippen MR) is 109 cm³/mol. The van der Waals surface area contributed by atoms with Gasteiger partial charge < -0.3 is 17.7 Å². The van der Waals surface area contributed by atoms with E-state index in [-0.39, 0.29) is 0 Å². The van der Waals surface area contributed by atoms with Crippen molar-refractivity contribution < 1.29 is 17.7 Å². The van der Waals surface area contributed by atoms with Crippen LogP contribution >= 0.6 is 0 Å². The van der Waals surface area contributed by atoms with Crippen LogP contribution in [0.2, 0.25) is 0 Å². The van der Waals surface area contributed by atoms with Gasteiger partial charge in [-0.05, 0) is 98.5 Å². The summed E-state index contributed by atoms with van der Waals surface area (Å²) in [5.41, 5.74) is 4.05. The lowest BCUT2D eigenvalue weighted by Crippen LogP contribution is -1.83. The summed E-state index contributed by atoms with van der Waals surface area (Å²) < 4.78 is 24.3. The first kappa shape index (κ1) is 16.8. The van der Waals surface area contributed by atoms with Gasteiger partial charge in [0.15, 0.2) is 23.0 Å². The Labute approximate surface area is 162 Å². The lowest BCUT2D eigenvalue weighted by atomic mass is 10.1. The minimum absolute atomic E-state index is 0.700. The molecular formula is C24H20O4. The molecule has 0 atom stereocenters. The molecule has 0 saturated heterocycles. The first-order chi connectivity index (χ1) is 13.5. The molecule has 4 heteroatoms. The summed E-state index contributed by atoms with van der Waals surface area (Å²) in [5.74, 6) is 5.97. The maximum Gasteiger partial charge on any atom is 0.170 e. The summed E-state index contributed by atoms with van der Waals surface area (Å²) in [4.78, 5) is 0. The molecule has 8 bridgehead atoms. The third-order valence-corrected chi connectivity index (χ3v) is 5.51. The van der Waals surface area contributed by atoms with E-state index in [0.717, 1.165) is 45.3 Å². The molecule has 4 nitrogen and oxygen atoms in total. The van der Waals surface area contributed by atoms with E-state index >= 15 is 0 Å². The fourth-order valence-corrected chi connectivity index (χ4v) is 3.43. The van der Waals surface area contributed by atoms with Gasteiger partial charge in [0.1, 0.15) is 23.0 Å². The number of fused-ring (bicyclic) bond motifs is 10. The zero-order valence-electron chi connectivity index (χ0n) is 16.3. The van der Waals surface area contributed by atoms with Crippen molar-refractivity contribution in [2.45, 2.75) is 27.7 Å². The van der Waals surface area contributed by atoms with Crippen LogP contribution in [0.15, 0.2) is 66.2 Å². The van der Waals surface area contributed by atoms with Crippen molar-refractivity contribution in [3.63, 3.8) is 0 Å². The largest absolute Gasteiger partial charge is 0.453 e. The van der Waals surface area contributed by atoms with Crippen LogP contribution in [0.1, 0.15) is 50.7 Å². The second-order valence-corrected chi connectivity index (χ2v) is 7.16. The number of rotatable bonds is 0. The van der Waals surface area contributed by atoms with E-state index in [1.165, 1.54) is 0 Å². The quantitative estimate of drug-likeness (QED) is 0.319. The summed E-state index contributed by atoms with van der Waals surface area (Å²) in [6, 6.07) is 15.6. The van der Waals surface area contributed by atoms with Crippen molar-refractivity contribution in [1.82, 2.24) is 0 Å². The molecule has 1 aliphatic heterocycles. The average Bonchev–Trinajstić information content (AvgIpc) is 3.48. The van der Waals surface area contributed by atoms with E-state index in [1.807, 2.05) is 76.2 Å². The van der Waals surface area contributed by atoms with Gasteiger partial charge in [0.25, 0.3) is 0 Å². The Morgan fingerprint density at radius 2 is 0.500 bits per heavy atom. The van der Waals surface area contributed by atoms with E-state index in [2.05, 4.69) is 0 Å². The monoisotopic (exact) mass is 372 g/mol. The highest BCUT2D eigenvalue weighted by molar-refractivity contribution is 5.88. The maximum atomic E-state index is 6.07. The molecule has 5 heterocycles. The molecule has 0 aliphatic carbocycles. The normalized spacial score (nSPS) is 19.3. The molecule has 1 aliphatic rings. The predicted octanol–water partition coefficient (Wildman–Crippen LogP) is 7.61. The molecule has 0 aromatic carbocycles. The third-order valence-electron chi connectivity index (χ3n) is 5.51. The number of allylic oxidation sites excluding steroid dienone is 4. The lowest BCUT2D eigenvalue weighted by Gasteiger charge is -2.04. The number of hydrogen-bond donors (Lipinski definition) is 0. The number of furan rings is 4. The highest BCUT2D eigenvalue weighted by atomic mass is 16.4. The second-order valence-electron chi connectivity index (χ2n) is 7.16. The van der Waals surface area contributed by atoms with Crippen molar-refractivity contribution in [1.29, 1.82) is 0 Å². The van der Waals surface area contributed by atoms with Crippen LogP contribution in [-0.2, 0) is 0 Å². The molecule has 0 amide bonds. The van der Waals surface area contributed by atoms with Crippen LogP contribution in [0, 0.1) is 0 Å². The highest BCUT2D eigenvalue weighted by Crippen LogP contribution is 2.37. The molecule has 140 valence electrons. The molecule has 0 spiro atoms. The summed E-state index contributed by atoms with van der Waals surface area (Å²) >= 11 is 0. The van der Waals surface area contributed by atoms with Gasteiger partial charge in [0.05, 0.1) is 0 Å². The smallest absolute Gasteiger partial charge is 0.170 e. The van der Waals surface area contributed by atoms with E-state index < -0.39 is 0 Å². The van der Waals surface area contributed by atoms with Gasteiger partial charge in [-0.25, -0.2) is 0 Å². The molecule has 0 unspecified atom stereocenters. The standard InChI is InChI=1S/C24H20O4/c1-13-14(2)18-6-10-23(26-18)24-12-8-20(28-24)16(4)15(3)19-7-11-22(27-19)21-9-5-17(13)25-21/h5-12H,1-4H3/b14-13-,16-15-,17-13?,18-14?,19-15?,20-16?,22-21?,24-23?. The molecular weight excluding hydrogens is 352 g/mol. The second kappa shape index (κ2) is 6.06. The Kier molecular flexibility index (Phi) is 3.63. The summed E-state index contributed by atoms with van der Waals surface area (Å²) in [6.45, 7) is 8.10. The highest BCUT2D eigenvalue weighted by Gasteiger charge is 2.18. The first-order valence-corrected chi connectivity index (χ1v) is 9.28. The van der Waals surface area contributed by atoms with Crippen molar-refractivity contribution >= 4 is 22.3 Å². The van der Waals surface area contributed by atoms with Gasteiger partial charge in [0, 0.05) is 0 Å². The van der Waals surface area contributed by atoms with Crippen molar-refractivity contribution in [2.75, 3.05) is 0 Å². The van der Waals surface area contributed by atoms with Gasteiger partial charge >= 0.3 is 0 Å². The summed E-state index contributed by atoms with van der Waals surface area (Å²) in [6.07, 6.45) is 0. The van der Waals surface area contributed by atoms with E-state index in [9.17, 15) is 0 Å². The minimum Gasteiger partial charge on any atom is -0.453 e. The summed E-state index contributed by atoms with van der Waals surface area (Å²) in [7, 11) is 0. The van der Waals surface area contributed by atoms with Crippen LogP contribution in [0.3, 0.4) is 0 Å². The Morgan fingerprint density at radius 1 is 0.321 bits per heavy atom. The summed E-state index contributed by atoms with van der Waals surface area (Å²) in [5, 5.41) is 0. The van der Waals surface area contributed by atoms with Gasteiger partial charge in [-0.3, -0.25) is 0 Å². The van der Waals surface area contributed by atoms with Crippen LogP contribution in [0.25, 0.3) is 45.3 Å². The van der Waals surface area contributed by atoms with Crippen LogP contribution in [0.4, 0.5) is 0 Å². The molecule has 28 heavy (non-hydrogen) atoms. The minimum atomic E-state index is 0.700. The van der Waals surface area contributed by atoms with Crippen LogP contribution in [-0.4, -0.2) is 0 Å². The molecule has 4 aromatic heterocycles. The fraction of sp³-hybridized carbons (Fsp3) is 0.167. The SMILES string of the molecule is C/C1=C(\C)c2ccc(o2)-c2ccc(o2)/C(C)=C(/C)c2ccc(o2)-c2ccc1o2. The van der Waals surface area contributed by atoms with E-state index in [4.69, 9.17) is 17.7 Å². The molecule has 0 N–H and O–H groups in total. The Balaban J connectivity index is 1.77. The molecule has 0 fully saturated rings. The van der Waals surface area contributed by atoms with E-state index in [0.29, 0.717) is 23.0 Å². The number of hydrogen-bond acceptors (Lipinski definition) is 4. The van der Waals surface area contributed by atoms with Crippen molar-refractivity contribution in [3.8, 4) is 23.0 Å². The zero-order valence-corrected chi connectivity index (χ0v) is 16.3. The van der Waals surface area contributed by atoms with E-state index in [1.54, 1.807) is 0 Å². The van der Waals surface area contributed by atoms with Gasteiger partial charge in [-0.1, -0.05) is 0 Å². The average molecular weight is 372 g/mol. The first-order valence-electron chi connectivity index (χ1n) is 9.28.